The molecule has 3 rings (SSSR count). The van der Waals surface area contributed by atoms with E-state index in [1.165, 1.54) is 6.42 Å². The van der Waals surface area contributed by atoms with E-state index in [4.69, 9.17) is 0 Å². The fourth-order valence-corrected chi connectivity index (χ4v) is 3.41. The molecule has 0 amide bonds. The van der Waals surface area contributed by atoms with Gasteiger partial charge in [-0.2, -0.15) is 0 Å². The zero-order valence-electron chi connectivity index (χ0n) is 8.55. The van der Waals surface area contributed by atoms with Crippen LogP contribution in [0.25, 0.3) is 0 Å². The maximum Gasteiger partial charge on any atom is -0.0381 e. The largest absolute Gasteiger partial charge is 0.0628 e. The predicted molar refractivity (Wildman–Crippen MR) is 53.0 cm³/mol. The Morgan fingerprint density at radius 2 is 1.75 bits per heavy atom. The fourth-order valence-electron chi connectivity index (χ4n) is 3.41. The highest BCUT2D eigenvalue weighted by molar-refractivity contribution is 4.86. The van der Waals surface area contributed by atoms with Crippen molar-refractivity contribution >= 4 is 0 Å². The minimum Gasteiger partial charge on any atom is -0.0628 e. The van der Waals surface area contributed by atoms with E-state index in [1.54, 1.807) is 32.1 Å². The molecule has 0 aromatic carbocycles. The zero-order chi connectivity index (χ0) is 8.55. The van der Waals surface area contributed by atoms with Crippen LogP contribution in [0.4, 0.5) is 0 Å². The summed E-state index contributed by atoms with van der Waals surface area (Å²) in [5, 5.41) is 0. The summed E-state index contributed by atoms with van der Waals surface area (Å²) in [6.07, 6.45) is 9.30. The van der Waals surface area contributed by atoms with E-state index < -0.39 is 0 Å². The van der Waals surface area contributed by atoms with Gasteiger partial charge in [-0.15, -0.1) is 0 Å². The standard InChI is InChI=1S/C12H22/c1-9(2)7-12-8-10-3-5-11(12)6-4-10/h9-12H,3-8H2,1-2H3/t10?,11?,12-/m1/s1. The van der Waals surface area contributed by atoms with Gasteiger partial charge >= 0.3 is 0 Å². The molecule has 3 fully saturated rings. The van der Waals surface area contributed by atoms with Crippen LogP contribution in [0.2, 0.25) is 0 Å². The Hall–Kier alpha value is 0. The van der Waals surface area contributed by atoms with Crippen molar-refractivity contribution in [3.8, 4) is 0 Å². The van der Waals surface area contributed by atoms with Crippen LogP contribution in [-0.4, -0.2) is 0 Å². The van der Waals surface area contributed by atoms with E-state index in [0.29, 0.717) is 0 Å². The van der Waals surface area contributed by atoms with Gasteiger partial charge in [-0.25, -0.2) is 0 Å². The van der Waals surface area contributed by atoms with Crippen molar-refractivity contribution in [2.75, 3.05) is 0 Å². The van der Waals surface area contributed by atoms with Crippen LogP contribution in [0, 0.1) is 23.7 Å². The topological polar surface area (TPSA) is 0 Å². The maximum atomic E-state index is 2.38. The third kappa shape index (κ3) is 1.67. The summed E-state index contributed by atoms with van der Waals surface area (Å²) < 4.78 is 0. The molecule has 0 aromatic heterocycles. The van der Waals surface area contributed by atoms with Crippen LogP contribution in [0.5, 0.6) is 0 Å². The van der Waals surface area contributed by atoms with E-state index in [2.05, 4.69) is 13.8 Å². The van der Waals surface area contributed by atoms with Crippen molar-refractivity contribution in [2.45, 2.75) is 52.4 Å². The Balaban J connectivity index is 1.91. The molecule has 1 atom stereocenters. The van der Waals surface area contributed by atoms with Gasteiger partial charge in [0.1, 0.15) is 0 Å². The van der Waals surface area contributed by atoms with E-state index in [9.17, 15) is 0 Å². The first-order chi connectivity index (χ1) is 5.75. The highest BCUT2D eigenvalue weighted by atomic mass is 14.4. The average molecular weight is 166 g/mol. The van der Waals surface area contributed by atoms with Gasteiger partial charge in [-0.05, 0) is 49.4 Å². The average Bonchev–Trinajstić information content (AvgIpc) is 2.05. The van der Waals surface area contributed by atoms with Crippen LogP contribution in [0.15, 0.2) is 0 Å². The van der Waals surface area contributed by atoms with Gasteiger partial charge in [-0.1, -0.05) is 26.7 Å². The molecule has 70 valence electrons. The Morgan fingerprint density at radius 1 is 1.08 bits per heavy atom. The van der Waals surface area contributed by atoms with Gasteiger partial charge in [0.05, 0.1) is 0 Å². The van der Waals surface area contributed by atoms with Gasteiger partial charge in [-0.3, -0.25) is 0 Å². The molecule has 3 aliphatic rings. The summed E-state index contributed by atoms with van der Waals surface area (Å²) in [5.74, 6) is 4.28. The van der Waals surface area contributed by atoms with Crippen LogP contribution >= 0.6 is 0 Å². The van der Waals surface area contributed by atoms with Crippen molar-refractivity contribution in [3.05, 3.63) is 0 Å². The second kappa shape index (κ2) is 3.40. The lowest BCUT2D eigenvalue weighted by atomic mass is 9.63. The third-order valence-electron chi connectivity index (χ3n) is 3.97. The molecular formula is C12H22. The zero-order valence-corrected chi connectivity index (χ0v) is 8.55. The first kappa shape index (κ1) is 8.59. The lowest BCUT2D eigenvalue weighted by Gasteiger charge is -2.43. The number of fused-ring (bicyclic) bond motifs is 3. The third-order valence-corrected chi connectivity index (χ3v) is 3.97. The number of hydrogen-bond donors (Lipinski definition) is 0. The highest BCUT2D eigenvalue weighted by Gasteiger charge is 2.35. The van der Waals surface area contributed by atoms with Crippen LogP contribution in [0.1, 0.15) is 52.4 Å². The first-order valence-corrected chi connectivity index (χ1v) is 5.75. The lowest BCUT2D eigenvalue weighted by molar-refractivity contribution is 0.0842. The van der Waals surface area contributed by atoms with Crippen molar-refractivity contribution < 1.29 is 0 Å². The Morgan fingerprint density at radius 3 is 2.17 bits per heavy atom. The predicted octanol–water partition coefficient (Wildman–Crippen LogP) is 3.86. The molecule has 0 spiro atoms. The van der Waals surface area contributed by atoms with Gasteiger partial charge in [0, 0.05) is 0 Å². The molecule has 0 N–H and O–H groups in total. The van der Waals surface area contributed by atoms with Crippen molar-refractivity contribution in [2.24, 2.45) is 23.7 Å². The fraction of sp³-hybridized carbons (Fsp3) is 1.00. The number of rotatable bonds is 2. The van der Waals surface area contributed by atoms with Crippen LogP contribution in [-0.2, 0) is 0 Å². The molecule has 2 bridgehead atoms. The minimum absolute atomic E-state index is 0.925. The lowest BCUT2D eigenvalue weighted by Crippen LogP contribution is -2.31. The normalized spacial score (nSPS) is 40.8. The van der Waals surface area contributed by atoms with E-state index in [-0.39, 0.29) is 0 Å². The number of hydrogen-bond acceptors (Lipinski definition) is 0. The highest BCUT2D eigenvalue weighted by Crippen LogP contribution is 2.46. The molecule has 0 heteroatoms. The van der Waals surface area contributed by atoms with E-state index >= 15 is 0 Å². The second-order valence-electron chi connectivity index (χ2n) is 5.41. The van der Waals surface area contributed by atoms with Crippen LogP contribution < -0.4 is 0 Å². The SMILES string of the molecule is CC(C)C[C@@H]1CC2CCC1CC2. The first-order valence-electron chi connectivity index (χ1n) is 5.75. The molecule has 0 radical (unpaired) electrons. The van der Waals surface area contributed by atoms with Crippen LogP contribution in [0.3, 0.4) is 0 Å². The minimum atomic E-state index is 0.925. The Kier molecular flexibility index (Phi) is 2.43. The summed E-state index contributed by atoms with van der Waals surface area (Å²) >= 11 is 0. The molecule has 12 heavy (non-hydrogen) atoms. The monoisotopic (exact) mass is 166 g/mol. The Labute approximate surface area is 76.7 Å². The van der Waals surface area contributed by atoms with Crippen molar-refractivity contribution in [3.63, 3.8) is 0 Å². The molecule has 0 aromatic rings. The van der Waals surface area contributed by atoms with Gasteiger partial charge in [0.15, 0.2) is 0 Å². The summed E-state index contributed by atoms with van der Waals surface area (Å²) in [6.45, 7) is 4.75. The molecule has 0 heterocycles. The second-order valence-corrected chi connectivity index (χ2v) is 5.41. The Bertz CT molecular complexity index is 138. The quantitative estimate of drug-likeness (QED) is 0.584. The molecular weight excluding hydrogens is 144 g/mol. The molecule has 0 nitrogen and oxygen atoms in total. The summed E-state index contributed by atoms with van der Waals surface area (Å²) in [4.78, 5) is 0. The molecule has 0 aliphatic heterocycles. The molecule has 0 unspecified atom stereocenters. The van der Waals surface area contributed by atoms with Crippen molar-refractivity contribution in [1.82, 2.24) is 0 Å². The van der Waals surface area contributed by atoms with Gasteiger partial charge in [0.2, 0.25) is 0 Å². The van der Waals surface area contributed by atoms with Crippen molar-refractivity contribution in [1.29, 1.82) is 0 Å². The van der Waals surface area contributed by atoms with E-state index in [1.807, 2.05) is 0 Å². The molecule has 0 saturated heterocycles. The molecule has 3 aliphatic carbocycles. The maximum absolute atomic E-state index is 2.38. The molecule has 3 saturated carbocycles. The summed E-state index contributed by atoms with van der Waals surface area (Å²) in [6, 6.07) is 0. The van der Waals surface area contributed by atoms with Gasteiger partial charge in [0.25, 0.3) is 0 Å². The summed E-state index contributed by atoms with van der Waals surface area (Å²) in [5.41, 5.74) is 0. The summed E-state index contributed by atoms with van der Waals surface area (Å²) in [7, 11) is 0. The van der Waals surface area contributed by atoms with E-state index in [0.717, 1.165) is 23.7 Å². The smallest absolute Gasteiger partial charge is 0.0381 e. The van der Waals surface area contributed by atoms with Gasteiger partial charge < -0.3 is 0 Å².